The number of carbonyl (C=O) groups excluding carboxylic acids is 1. The molecule has 0 aromatic rings. The quantitative estimate of drug-likeness (QED) is 0.768. The first-order valence-corrected chi connectivity index (χ1v) is 6.60. The summed E-state index contributed by atoms with van der Waals surface area (Å²) in [6.07, 6.45) is 4.06. The van der Waals surface area contributed by atoms with Gasteiger partial charge >= 0.3 is 0 Å². The second-order valence-corrected chi connectivity index (χ2v) is 5.73. The van der Waals surface area contributed by atoms with Gasteiger partial charge in [-0.2, -0.15) is 0 Å². The molecule has 1 saturated carbocycles. The molecule has 3 atom stereocenters. The van der Waals surface area contributed by atoms with Crippen LogP contribution in [0.1, 0.15) is 32.6 Å². The van der Waals surface area contributed by atoms with E-state index >= 15 is 0 Å². The van der Waals surface area contributed by atoms with Crippen LogP contribution in [0, 0.1) is 11.3 Å². The Morgan fingerprint density at radius 1 is 1.69 bits per heavy atom. The van der Waals surface area contributed by atoms with Crippen molar-refractivity contribution in [3.63, 3.8) is 0 Å². The zero-order valence-corrected chi connectivity index (χ0v) is 10.5. The molecule has 2 aliphatic rings. The Morgan fingerprint density at radius 3 is 3.00 bits per heavy atom. The first kappa shape index (κ1) is 12.2. The lowest BCUT2D eigenvalue weighted by atomic mass is 9.82. The number of hydrogen-bond acceptors (Lipinski definition) is 2. The summed E-state index contributed by atoms with van der Waals surface area (Å²) in [6, 6.07) is 0. The van der Waals surface area contributed by atoms with Gasteiger partial charge in [0, 0.05) is 18.5 Å². The van der Waals surface area contributed by atoms with Crippen LogP contribution >= 0.6 is 11.6 Å². The molecule has 0 aromatic heterocycles. The Morgan fingerprint density at radius 2 is 2.44 bits per heavy atom. The maximum atomic E-state index is 12.0. The van der Waals surface area contributed by atoms with Crippen LogP contribution in [0.4, 0.5) is 0 Å². The number of aliphatic hydroxyl groups is 1. The fourth-order valence-electron chi connectivity index (χ4n) is 3.21. The van der Waals surface area contributed by atoms with Crippen molar-refractivity contribution < 1.29 is 9.90 Å². The number of halogens is 1. The molecule has 16 heavy (non-hydrogen) atoms. The van der Waals surface area contributed by atoms with Gasteiger partial charge in [-0.3, -0.25) is 4.79 Å². The zero-order valence-electron chi connectivity index (χ0n) is 9.79. The van der Waals surface area contributed by atoms with Crippen molar-refractivity contribution in [2.45, 2.75) is 38.0 Å². The summed E-state index contributed by atoms with van der Waals surface area (Å²) in [4.78, 5) is 13.8. The minimum absolute atomic E-state index is 0.0139. The second kappa shape index (κ2) is 4.53. The van der Waals surface area contributed by atoms with Crippen LogP contribution in [0.2, 0.25) is 0 Å². The molecule has 1 N–H and O–H groups in total. The van der Waals surface area contributed by atoms with Gasteiger partial charge in [0.05, 0.1) is 6.61 Å². The van der Waals surface area contributed by atoms with E-state index in [9.17, 15) is 9.90 Å². The van der Waals surface area contributed by atoms with Gasteiger partial charge in [-0.25, -0.2) is 0 Å². The molecule has 0 aromatic carbocycles. The van der Waals surface area contributed by atoms with Gasteiger partial charge in [-0.05, 0) is 25.2 Å². The van der Waals surface area contributed by atoms with Crippen LogP contribution in [0.5, 0.6) is 0 Å². The van der Waals surface area contributed by atoms with Crippen molar-refractivity contribution in [2.75, 3.05) is 19.7 Å². The summed E-state index contributed by atoms with van der Waals surface area (Å²) < 4.78 is 0. The van der Waals surface area contributed by atoms with Crippen LogP contribution in [-0.4, -0.2) is 41.0 Å². The number of likely N-dealkylation sites (tertiary alicyclic amines) is 1. The number of amides is 1. The third kappa shape index (κ3) is 1.84. The highest BCUT2D eigenvalue weighted by Gasteiger charge is 2.50. The minimum atomic E-state index is -0.394. The maximum absolute atomic E-state index is 12.0. The number of rotatable bonds is 3. The van der Waals surface area contributed by atoms with E-state index in [1.165, 1.54) is 6.42 Å². The lowest BCUT2D eigenvalue weighted by molar-refractivity contribution is -0.130. The molecular weight excluding hydrogens is 226 g/mol. The number of fused-ring (bicyclic) bond motifs is 1. The molecule has 4 heteroatoms. The average Bonchev–Trinajstić information content (AvgIpc) is 2.83. The predicted molar refractivity (Wildman–Crippen MR) is 63.4 cm³/mol. The number of carbonyl (C=O) groups is 1. The molecule has 1 aliphatic carbocycles. The minimum Gasteiger partial charge on any atom is -0.396 e. The van der Waals surface area contributed by atoms with E-state index in [1.807, 2.05) is 11.8 Å². The Bertz CT molecular complexity index is 284. The Hall–Kier alpha value is -0.280. The number of aliphatic hydroxyl groups excluding tert-OH is 1. The van der Waals surface area contributed by atoms with Crippen molar-refractivity contribution >= 4 is 17.5 Å². The molecule has 1 saturated heterocycles. The van der Waals surface area contributed by atoms with Crippen molar-refractivity contribution in [1.82, 2.24) is 4.90 Å². The van der Waals surface area contributed by atoms with E-state index in [1.54, 1.807) is 0 Å². The van der Waals surface area contributed by atoms with E-state index < -0.39 is 5.38 Å². The van der Waals surface area contributed by atoms with Crippen molar-refractivity contribution in [3.05, 3.63) is 0 Å². The molecule has 2 rings (SSSR count). The molecule has 0 spiro atoms. The van der Waals surface area contributed by atoms with Crippen molar-refractivity contribution in [1.29, 1.82) is 0 Å². The highest BCUT2D eigenvalue weighted by atomic mass is 35.5. The van der Waals surface area contributed by atoms with Gasteiger partial charge in [-0.1, -0.05) is 13.3 Å². The summed E-state index contributed by atoms with van der Waals surface area (Å²) >= 11 is 5.99. The maximum Gasteiger partial charge on any atom is 0.240 e. The summed E-state index contributed by atoms with van der Waals surface area (Å²) in [5, 5.41) is 9.16. The largest absolute Gasteiger partial charge is 0.396 e. The summed E-state index contributed by atoms with van der Waals surface area (Å²) in [5.41, 5.74) is -0.0139. The smallest absolute Gasteiger partial charge is 0.240 e. The summed E-state index contributed by atoms with van der Waals surface area (Å²) in [6.45, 7) is 3.63. The molecule has 1 aliphatic heterocycles. The lowest BCUT2D eigenvalue weighted by Crippen LogP contribution is -2.37. The molecule has 3 nitrogen and oxygen atoms in total. The van der Waals surface area contributed by atoms with E-state index in [0.717, 1.165) is 19.4 Å². The van der Waals surface area contributed by atoms with E-state index in [4.69, 9.17) is 11.6 Å². The average molecular weight is 246 g/mol. The standard InChI is InChI=1S/C12H20ClNO2/c1-2-10(13)11(16)14-6-9-4-3-5-12(9,7-14)8-15/h9-10,15H,2-8H2,1H3/t9-,10+,12+/m1/s1. The zero-order chi connectivity index (χ0) is 11.8. The SMILES string of the molecule is CC[C@H](Cl)C(=O)N1C[C@H]2CCC[C@@]2(CO)C1. The molecule has 92 valence electrons. The molecule has 1 amide bonds. The number of alkyl halides is 1. The van der Waals surface area contributed by atoms with E-state index in [0.29, 0.717) is 18.9 Å². The molecule has 0 bridgehead atoms. The van der Waals surface area contributed by atoms with E-state index in [-0.39, 0.29) is 17.9 Å². The van der Waals surface area contributed by atoms with Crippen molar-refractivity contribution in [2.24, 2.45) is 11.3 Å². The first-order valence-electron chi connectivity index (χ1n) is 6.16. The monoisotopic (exact) mass is 245 g/mol. The fourth-order valence-corrected chi connectivity index (χ4v) is 3.35. The van der Waals surface area contributed by atoms with Gasteiger partial charge in [0.15, 0.2) is 0 Å². The van der Waals surface area contributed by atoms with Crippen LogP contribution in [0.15, 0.2) is 0 Å². The van der Waals surface area contributed by atoms with Gasteiger partial charge in [-0.15, -0.1) is 11.6 Å². The predicted octanol–water partition coefficient (Wildman–Crippen LogP) is 1.62. The molecule has 2 fully saturated rings. The van der Waals surface area contributed by atoms with Crippen molar-refractivity contribution in [3.8, 4) is 0 Å². The Labute approximate surface area is 102 Å². The molecule has 0 radical (unpaired) electrons. The third-order valence-corrected chi connectivity index (χ3v) is 4.79. The van der Waals surface area contributed by atoms with E-state index in [2.05, 4.69) is 0 Å². The number of hydrogen-bond donors (Lipinski definition) is 1. The highest BCUT2D eigenvalue weighted by molar-refractivity contribution is 6.30. The number of nitrogens with zero attached hydrogens (tertiary/aromatic N) is 1. The fraction of sp³-hybridized carbons (Fsp3) is 0.917. The third-order valence-electron chi connectivity index (χ3n) is 4.29. The topological polar surface area (TPSA) is 40.5 Å². The van der Waals surface area contributed by atoms with Gasteiger partial charge < -0.3 is 10.0 Å². The van der Waals surface area contributed by atoms with Gasteiger partial charge in [0.1, 0.15) is 5.38 Å². The molecular formula is C12H20ClNO2. The summed E-state index contributed by atoms with van der Waals surface area (Å²) in [7, 11) is 0. The lowest BCUT2D eigenvalue weighted by Gasteiger charge is -2.26. The van der Waals surface area contributed by atoms with Crippen LogP contribution in [-0.2, 0) is 4.79 Å². The molecule has 1 heterocycles. The highest BCUT2D eigenvalue weighted by Crippen LogP contribution is 2.48. The van der Waals surface area contributed by atoms with Gasteiger partial charge in [0.2, 0.25) is 5.91 Å². The van der Waals surface area contributed by atoms with Gasteiger partial charge in [0.25, 0.3) is 0 Å². The normalized spacial score (nSPS) is 35.2. The van der Waals surface area contributed by atoms with Crippen LogP contribution < -0.4 is 0 Å². The van der Waals surface area contributed by atoms with Crippen LogP contribution in [0.3, 0.4) is 0 Å². The summed E-state index contributed by atoms with van der Waals surface area (Å²) in [5.74, 6) is 0.536. The van der Waals surface area contributed by atoms with Crippen LogP contribution in [0.25, 0.3) is 0 Å². The Balaban J connectivity index is 2.05. The Kier molecular flexibility index (Phi) is 3.45. The first-order chi connectivity index (χ1) is 7.63. The molecule has 0 unspecified atom stereocenters. The second-order valence-electron chi connectivity index (χ2n) is 5.20.